The van der Waals surface area contributed by atoms with Gasteiger partial charge in [0.05, 0.1) is 41.9 Å². The predicted octanol–water partition coefficient (Wildman–Crippen LogP) is -0.928. The van der Waals surface area contributed by atoms with Crippen LogP contribution in [0.4, 0.5) is 0 Å². The van der Waals surface area contributed by atoms with Crippen molar-refractivity contribution in [1.29, 1.82) is 0 Å². The van der Waals surface area contributed by atoms with Crippen LogP contribution in [-0.4, -0.2) is 185 Å². The van der Waals surface area contributed by atoms with Gasteiger partial charge in [0.2, 0.25) is 6.29 Å². The van der Waals surface area contributed by atoms with Crippen molar-refractivity contribution in [3.63, 3.8) is 0 Å². The molecule has 3 heterocycles. The van der Waals surface area contributed by atoms with Crippen LogP contribution in [0.3, 0.4) is 0 Å². The lowest BCUT2D eigenvalue weighted by molar-refractivity contribution is -0.361. The molecular weight excluding hydrogens is 868 g/mol. The molecule has 3 aliphatic heterocycles. The molecule has 19 nitrogen and oxygen atoms in total. The number of aldehydes is 1. The molecule has 0 amide bonds. The maximum Gasteiger partial charge on any atom is 0.315 e. The highest BCUT2D eigenvalue weighted by Gasteiger charge is 2.70. The Hall–Kier alpha value is -1.76. The first kappa shape index (κ1) is 50.6. The monoisotopic (exact) mass is 942 g/mol. The van der Waals surface area contributed by atoms with Crippen molar-refractivity contribution in [2.75, 3.05) is 13.2 Å². The number of carbonyl (C=O) groups is 2. The molecule has 0 aromatic carbocycles. The van der Waals surface area contributed by atoms with Gasteiger partial charge in [0.1, 0.15) is 73.4 Å². The summed E-state index contributed by atoms with van der Waals surface area (Å²) in [4.78, 5) is 27.5. The molecule has 0 bridgehead atoms. The van der Waals surface area contributed by atoms with Crippen LogP contribution in [0.1, 0.15) is 106 Å². The maximum absolute atomic E-state index is 14.9. The number of aliphatic hydroxyl groups excluding tert-OH is 10. The number of hydrogen-bond donors (Lipinski definition) is 11. The fourth-order valence-electron chi connectivity index (χ4n) is 14.5. The molecule has 66 heavy (non-hydrogen) atoms. The molecule has 376 valence electrons. The normalized spacial score (nSPS) is 56.1. The van der Waals surface area contributed by atoms with Crippen LogP contribution in [0, 0.1) is 44.8 Å². The second kappa shape index (κ2) is 17.8. The van der Waals surface area contributed by atoms with E-state index in [1.165, 1.54) is 6.92 Å². The maximum atomic E-state index is 14.9. The molecule has 19 heteroatoms. The molecule has 5 aliphatic carbocycles. The Morgan fingerprint density at radius 1 is 0.727 bits per heavy atom. The van der Waals surface area contributed by atoms with E-state index < -0.39 is 140 Å². The van der Waals surface area contributed by atoms with Gasteiger partial charge in [0.25, 0.3) is 0 Å². The van der Waals surface area contributed by atoms with E-state index in [9.17, 15) is 65.8 Å². The fraction of sp³-hybridized carbons (Fsp3) is 0.915. The zero-order valence-electron chi connectivity index (χ0n) is 38.8. The Bertz CT molecular complexity index is 1830. The Balaban J connectivity index is 0.977. The number of hydrogen-bond acceptors (Lipinski definition) is 19. The van der Waals surface area contributed by atoms with Gasteiger partial charge in [-0.2, -0.15) is 0 Å². The van der Waals surface area contributed by atoms with Gasteiger partial charge in [-0.1, -0.05) is 39.3 Å². The fourth-order valence-corrected chi connectivity index (χ4v) is 14.5. The molecule has 0 radical (unpaired) electrons. The Kier molecular flexibility index (Phi) is 13.7. The summed E-state index contributed by atoms with van der Waals surface area (Å²) < 4.78 is 34.5. The first-order valence-electron chi connectivity index (χ1n) is 23.9. The van der Waals surface area contributed by atoms with E-state index in [1.807, 2.05) is 6.92 Å². The highest BCUT2D eigenvalue weighted by molar-refractivity contribution is 5.79. The van der Waals surface area contributed by atoms with Gasteiger partial charge >= 0.3 is 5.97 Å². The first-order chi connectivity index (χ1) is 30.8. The predicted molar refractivity (Wildman–Crippen MR) is 226 cm³/mol. The van der Waals surface area contributed by atoms with Crippen molar-refractivity contribution in [2.45, 2.75) is 210 Å². The van der Waals surface area contributed by atoms with Crippen molar-refractivity contribution in [3.05, 3.63) is 11.6 Å². The molecule has 3 saturated heterocycles. The molecular formula is C47H74O19. The zero-order valence-corrected chi connectivity index (χ0v) is 38.8. The van der Waals surface area contributed by atoms with E-state index in [0.29, 0.717) is 32.1 Å². The molecule has 7 fully saturated rings. The number of esters is 1. The third kappa shape index (κ3) is 7.78. The molecule has 4 saturated carbocycles. The molecule has 25 unspecified atom stereocenters. The molecule has 8 rings (SSSR count). The average molecular weight is 943 g/mol. The van der Waals surface area contributed by atoms with Crippen molar-refractivity contribution >= 4 is 12.3 Å². The molecule has 0 aromatic heterocycles. The lowest BCUT2D eigenvalue weighted by Crippen LogP contribution is -2.66. The van der Waals surface area contributed by atoms with E-state index in [-0.39, 0.29) is 40.9 Å². The van der Waals surface area contributed by atoms with Crippen molar-refractivity contribution in [2.24, 2.45) is 44.8 Å². The third-order valence-electron chi connectivity index (χ3n) is 19.0. The van der Waals surface area contributed by atoms with Crippen LogP contribution in [-0.2, 0) is 38.0 Å². The quantitative estimate of drug-likeness (QED) is 0.0756. The summed E-state index contributed by atoms with van der Waals surface area (Å²) in [7, 11) is 0. The summed E-state index contributed by atoms with van der Waals surface area (Å²) in [5.74, 6) is -0.930. The van der Waals surface area contributed by atoms with Gasteiger partial charge < -0.3 is 89.4 Å². The van der Waals surface area contributed by atoms with Gasteiger partial charge in [-0.3, -0.25) is 4.79 Å². The highest BCUT2D eigenvalue weighted by atomic mass is 16.8. The standard InChI is InChI=1S/C47H74O19/c1-21-29(51)31(53)34(56)39(62-21)65-37-24(18-48)63-38(36(58)33(37)55)61-19-25-30(52)32(54)35(57)40(64-25)66-41(59)47-15-13-42(2,60)17-23(47)22-7-8-27-43(3)11-10-28(50)44(4,20-49)26(43)9-12-46(27,6)45(22,5)14-16-47/h7,20-21,23-40,48,50-58,60H,8-19H2,1-6H3. The number of allylic oxidation sites excluding steroid dienone is 2. The summed E-state index contributed by atoms with van der Waals surface area (Å²) in [6.45, 7) is 10.6. The van der Waals surface area contributed by atoms with Crippen LogP contribution < -0.4 is 0 Å². The van der Waals surface area contributed by atoms with E-state index in [4.69, 9.17) is 28.4 Å². The summed E-state index contributed by atoms with van der Waals surface area (Å²) in [5.41, 5.74) is -2.84. The second-order valence-corrected chi connectivity index (χ2v) is 22.5. The topological polar surface area (TPSA) is 312 Å². The Labute approximate surface area is 385 Å². The Morgan fingerprint density at radius 2 is 1.36 bits per heavy atom. The van der Waals surface area contributed by atoms with E-state index in [0.717, 1.165) is 31.1 Å². The van der Waals surface area contributed by atoms with E-state index >= 15 is 0 Å². The van der Waals surface area contributed by atoms with Gasteiger partial charge in [0.15, 0.2) is 12.6 Å². The van der Waals surface area contributed by atoms with Crippen LogP contribution in [0.15, 0.2) is 11.6 Å². The number of rotatable bonds is 9. The summed E-state index contributed by atoms with van der Waals surface area (Å²) in [6, 6.07) is 0. The van der Waals surface area contributed by atoms with Crippen LogP contribution >= 0.6 is 0 Å². The zero-order chi connectivity index (χ0) is 48.3. The van der Waals surface area contributed by atoms with Gasteiger partial charge in [0, 0.05) is 0 Å². The van der Waals surface area contributed by atoms with Crippen LogP contribution in [0.25, 0.3) is 0 Å². The highest BCUT2D eigenvalue weighted by Crippen LogP contribution is 2.75. The number of aliphatic hydroxyl groups is 11. The molecule has 0 aromatic rings. The lowest BCUT2D eigenvalue weighted by atomic mass is 9.33. The second-order valence-electron chi connectivity index (χ2n) is 22.5. The van der Waals surface area contributed by atoms with Crippen LogP contribution in [0.2, 0.25) is 0 Å². The van der Waals surface area contributed by atoms with Gasteiger partial charge in [-0.15, -0.1) is 0 Å². The summed E-state index contributed by atoms with van der Waals surface area (Å²) in [6.07, 6.45) is -16.6. The SMILES string of the molecule is CC1OC(OC2C(CO)OC(OCC3OC(OC(=O)C45CCC(C)(O)CC4C4=CCC6C7(C)CCC(O)C(C)(C=O)C7CCC6(C)C4(C)CC5)C(O)C(O)C3O)C(O)C2O)C(O)C(O)C1O. The third-order valence-corrected chi connectivity index (χ3v) is 19.0. The van der Waals surface area contributed by atoms with Crippen molar-refractivity contribution < 1.29 is 94.2 Å². The van der Waals surface area contributed by atoms with E-state index in [2.05, 4.69) is 26.8 Å². The number of carbonyl (C=O) groups excluding carboxylic acids is 2. The lowest BCUT2D eigenvalue weighted by Gasteiger charge is -2.70. The smallest absolute Gasteiger partial charge is 0.315 e. The molecule has 25 atom stereocenters. The van der Waals surface area contributed by atoms with Crippen LogP contribution in [0.5, 0.6) is 0 Å². The van der Waals surface area contributed by atoms with Gasteiger partial charge in [-0.05, 0) is 112 Å². The largest absolute Gasteiger partial charge is 0.432 e. The number of fused-ring (bicyclic) bond motifs is 7. The molecule has 8 aliphatic rings. The first-order valence-corrected chi connectivity index (χ1v) is 23.9. The summed E-state index contributed by atoms with van der Waals surface area (Å²) in [5, 5.41) is 119. The minimum absolute atomic E-state index is 0.00694. The molecule has 0 spiro atoms. The minimum atomic E-state index is -1.89. The van der Waals surface area contributed by atoms with Crippen molar-refractivity contribution in [1.82, 2.24) is 0 Å². The molecule has 11 N–H and O–H groups in total. The number of ether oxygens (including phenoxy) is 6. The average Bonchev–Trinajstić information content (AvgIpc) is 3.27. The van der Waals surface area contributed by atoms with Gasteiger partial charge in [-0.25, -0.2) is 0 Å². The van der Waals surface area contributed by atoms with E-state index in [1.54, 1.807) is 6.92 Å². The Morgan fingerprint density at radius 3 is 2.05 bits per heavy atom. The van der Waals surface area contributed by atoms with Crippen molar-refractivity contribution in [3.8, 4) is 0 Å². The minimum Gasteiger partial charge on any atom is -0.432 e. The summed E-state index contributed by atoms with van der Waals surface area (Å²) >= 11 is 0.